The van der Waals surface area contributed by atoms with Gasteiger partial charge in [0.15, 0.2) is 0 Å². The summed E-state index contributed by atoms with van der Waals surface area (Å²) < 4.78 is 2.02. The van der Waals surface area contributed by atoms with Crippen LogP contribution in [0.1, 0.15) is 24.6 Å². The zero-order valence-electron chi connectivity index (χ0n) is 10.4. The topological polar surface area (TPSA) is 59.7 Å². The van der Waals surface area contributed by atoms with Crippen LogP contribution in [0.5, 0.6) is 0 Å². The molecule has 0 aromatic carbocycles. The van der Waals surface area contributed by atoms with Crippen LogP contribution in [0.3, 0.4) is 0 Å². The first-order valence-corrected chi connectivity index (χ1v) is 6.19. The Morgan fingerprint density at radius 1 is 1.22 bits per heavy atom. The monoisotopic (exact) mass is 244 g/mol. The van der Waals surface area contributed by atoms with Gasteiger partial charge in [-0.3, -0.25) is 4.98 Å². The molecule has 0 atom stereocenters. The van der Waals surface area contributed by atoms with E-state index in [1.165, 1.54) is 0 Å². The van der Waals surface area contributed by atoms with E-state index in [0.717, 1.165) is 37.6 Å². The largest absolute Gasteiger partial charge is 0.355 e. The van der Waals surface area contributed by atoms with Gasteiger partial charge >= 0.3 is 0 Å². The molecular formula is C12H16N6. The molecule has 1 fully saturated rings. The molecule has 18 heavy (non-hydrogen) atoms. The summed E-state index contributed by atoms with van der Waals surface area (Å²) in [6, 6.07) is 0. The van der Waals surface area contributed by atoms with E-state index in [9.17, 15) is 0 Å². The molecule has 0 radical (unpaired) electrons. The minimum absolute atomic E-state index is 0.505. The highest BCUT2D eigenvalue weighted by Crippen LogP contribution is 2.27. The third kappa shape index (κ3) is 2.05. The van der Waals surface area contributed by atoms with Gasteiger partial charge in [-0.2, -0.15) is 0 Å². The zero-order valence-corrected chi connectivity index (χ0v) is 10.4. The highest BCUT2D eigenvalue weighted by atomic mass is 15.3. The van der Waals surface area contributed by atoms with Crippen LogP contribution >= 0.6 is 0 Å². The van der Waals surface area contributed by atoms with Crippen LogP contribution in [0.15, 0.2) is 24.9 Å². The van der Waals surface area contributed by atoms with Crippen molar-refractivity contribution in [3.8, 4) is 0 Å². The average molecular weight is 244 g/mol. The van der Waals surface area contributed by atoms with Gasteiger partial charge in [0.05, 0.1) is 6.20 Å². The number of anilines is 1. The van der Waals surface area contributed by atoms with Gasteiger partial charge in [-0.05, 0) is 12.8 Å². The summed E-state index contributed by atoms with van der Waals surface area (Å²) in [4.78, 5) is 10.7. The summed E-state index contributed by atoms with van der Waals surface area (Å²) in [5.74, 6) is 2.56. The zero-order chi connectivity index (χ0) is 12.4. The molecule has 94 valence electrons. The molecule has 1 aliphatic rings. The summed E-state index contributed by atoms with van der Waals surface area (Å²) in [7, 11) is 2.00. The van der Waals surface area contributed by atoms with Gasteiger partial charge in [0.25, 0.3) is 0 Å². The van der Waals surface area contributed by atoms with Crippen molar-refractivity contribution < 1.29 is 0 Å². The molecule has 6 heteroatoms. The van der Waals surface area contributed by atoms with Crippen LogP contribution in [-0.4, -0.2) is 37.8 Å². The first kappa shape index (κ1) is 11.1. The number of piperidine rings is 1. The van der Waals surface area contributed by atoms with Crippen LogP contribution in [0.4, 0.5) is 5.82 Å². The van der Waals surface area contributed by atoms with Gasteiger partial charge in [0.1, 0.15) is 18.0 Å². The summed E-state index contributed by atoms with van der Waals surface area (Å²) >= 11 is 0. The average Bonchev–Trinajstić information content (AvgIpc) is 2.86. The Hall–Kier alpha value is -1.98. The molecule has 1 aliphatic heterocycles. The normalized spacial score (nSPS) is 17.1. The molecule has 0 amide bonds. The fourth-order valence-electron chi connectivity index (χ4n) is 2.48. The fourth-order valence-corrected chi connectivity index (χ4v) is 2.48. The van der Waals surface area contributed by atoms with Crippen molar-refractivity contribution in [1.82, 2.24) is 24.7 Å². The van der Waals surface area contributed by atoms with E-state index in [-0.39, 0.29) is 0 Å². The Bertz CT molecular complexity index is 500. The molecule has 3 heterocycles. The lowest BCUT2D eigenvalue weighted by molar-refractivity contribution is 0.472. The molecule has 0 saturated carbocycles. The van der Waals surface area contributed by atoms with E-state index in [0.29, 0.717) is 5.92 Å². The van der Waals surface area contributed by atoms with Crippen molar-refractivity contribution in [3.05, 3.63) is 30.7 Å². The summed E-state index contributed by atoms with van der Waals surface area (Å²) in [6.07, 6.45) is 9.21. The van der Waals surface area contributed by atoms with Crippen LogP contribution < -0.4 is 4.90 Å². The molecule has 1 saturated heterocycles. The number of aromatic nitrogens is 5. The summed E-state index contributed by atoms with van der Waals surface area (Å²) in [6.45, 7) is 1.99. The van der Waals surface area contributed by atoms with E-state index in [1.807, 2.05) is 17.8 Å². The molecule has 0 spiro atoms. The number of hydrogen-bond acceptors (Lipinski definition) is 5. The quantitative estimate of drug-likeness (QED) is 0.788. The van der Waals surface area contributed by atoms with E-state index in [2.05, 4.69) is 25.1 Å². The van der Waals surface area contributed by atoms with Gasteiger partial charge in [0.2, 0.25) is 0 Å². The third-order valence-corrected chi connectivity index (χ3v) is 3.48. The minimum Gasteiger partial charge on any atom is -0.355 e. The highest BCUT2D eigenvalue weighted by Gasteiger charge is 2.24. The second kappa shape index (κ2) is 4.72. The maximum atomic E-state index is 4.34. The first-order chi connectivity index (χ1) is 8.84. The van der Waals surface area contributed by atoms with Crippen molar-refractivity contribution >= 4 is 5.82 Å². The Balaban J connectivity index is 1.67. The summed E-state index contributed by atoms with van der Waals surface area (Å²) in [5, 5.41) is 8.15. The molecule has 2 aromatic rings. The van der Waals surface area contributed by atoms with Crippen molar-refractivity contribution in [2.24, 2.45) is 7.05 Å². The lowest BCUT2D eigenvalue weighted by Gasteiger charge is -2.31. The SMILES string of the molecule is Cn1cnnc1C1CCN(c2cnccn2)CC1. The van der Waals surface area contributed by atoms with Gasteiger partial charge in [-0.15, -0.1) is 10.2 Å². The maximum Gasteiger partial charge on any atom is 0.147 e. The van der Waals surface area contributed by atoms with E-state index >= 15 is 0 Å². The van der Waals surface area contributed by atoms with Crippen molar-refractivity contribution in [1.29, 1.82) is 0 Å². The Kier molecular flexibility index (Phi) is 2.92. The lowest BCUT2D eigenvalue weighted by Crippen LogP contribution is -2.34. The Morgan fingerprint density at radius 2 is 2.06 bits per heavy atom. The van der Waals surface area contributed by atoms with Crippen molar-refractivity contribution in [3.63, 3.8) is 0 Å². The van der Waals surface area contributed by atoms with Gasteiger partial charge in [0, 0.05) is 38.4 Å². The van der Waals surface area contributed by atoms with Crippen molar-refractivity contribution in [2.75, 3.05) is 18.0 Å². The molecule has 0 unspecified atom stereocenters. The van der Waals surface area contributed by atoms with Crippen LogP contribution in [0.25, 0.3) is 0 Å². The van der Waals surface area contributed by atoms with E-state index in [4.69, 9.17) is 0 Å². The van der Waals surface area contributed by atoms with E-state index in [1.54, 1.807) is 18.7 Å². The Labute approximate surface area is 106 Å². The number of aryl methyl sites for hydroxylation is 1. The van der Waals surface area contributed by atoms with Crippen molar-refractivity contribution in [2.45, 2.75) is 18.8 Å². The smallest absolute Gasteiger partial charge is 0.147 e. The number of hydrogen-bond donors (Lipinski definition) is 0. The molecular weight excluding hydrogens is 228 g/mol. The molecule has 3 rings (SSSR count). The van der Waals surface area contributed by atoms with E-state index < -0.39 is 0 Å². The van der Waals surface area contributed by atoms with Gasteiger partial charge < -0.3 is 9.47 Å². The molecule has 0 aliphatic carbocycles. The standard InChI is InChI=1S/C12H16N6/c1-17-9-15-16-12(17)10-2-6-18(7-3-10)11-8-13-4-5-14-11/h4-5,8-10H,2-3,6-7H2,1H3. The third-order valence-electron chi connectivity index (χ3n) is 3.48. The molecule has 0 N–H and O–H groups in total. The predicted molar refractivity (Wildman–Crippen MR) is 67.2 cm³/mol. The molecule has 0 bridgehead atoms. The molecule has 6 nitrogen and oxygen atoms in total. The second-order valence-corrected chi connectivity index (χ2v) is 4.62. The highest BCUT2D eigenvalue weighted by molar-refractivity contribution is 5.35. The predicted octanol–water partition coefficient (Wildman–Crippen LogP) is 0.989. The van der Waals surface area contributed by atoms with Crippen LogP contribution in [-0.2, 0) is 7.05 Å². The Morgan fingerprint density at radius 3 is 2.67 bits per heavy atom. The lowest BCUT2D eigenvalue weighted by atomic mass is 9.96. The maximum absolute atomic E-state index is 4.34. The molecule has 2 aromatic heterocycles. The number of rotatable bonds is 2. The van der Waals surface area contributed by atoms with Gasteiger partial charge in [-0.25, -0.2) is 4.98 Å². The second-order valence-electron chi connectivity index (χ2n) is 4.62. The minimum atomic E-state index is 0.505. The summed E-state index contributed by atoms with van der Waals surface area (Å²) in [5.41, 5.74) is 0. The van der Waals surface area contributed by atoms with Gasteiger partial charge in [-0.1, -0.05) is 0 Å². The van der Waals surface area contributed by atoms with Crippen LogP contribution in [0, 0.1) is 0 Å². The first-order valence-electron chi connectivity index (χ1n) is 6.19. The number of nitrogens with zero attached hydrogens (tertiary/aromatic N) is 6. The van der Waals surface area contributed by atoms with Crippen LogP contribution in [0.2, 0.25) is 0 Å². The fraction of sp³-hybridized carbons (Fsp3) is 0.500.